The molecule has 1 atom stereocenters. The Kier molecular flexibility index (Phi) is 10.3. The maximum atomic E-state index is 14.2. The molecular weight excluding hydrogens is 498 g/mol. The van der Waals surface area contributed by atoms with E-state index in [-0.39, 0.29) is 35.7 Å². The number of methoxy groups -OCH3 is 3. The van der Waals surface area contributed by atoms with Gasteiger partial charge in [0.1, 0.15) is 0 Å². The van der Waals surface area contributed by atoms with Crippen molar-refractivity contribution >= 4 is 28.2 Å². The van der Waals surface area contributed by atoms with Crippen LogP contribution >= 0.6 is 12.4 Å². The number of pyridine rings is 1. The number of benzene rings is 1. The SMILES string of the molecule is COc1ccc(S(=O)(=O)[C@@](NCc2ccncc2)(C(=O)NO)[C@H]2CC[C@H](OC)CC2)cc1OC.Cl. The molecule has 12 heteroatoms. The van der Waals surface area contributed by atoms with Gasteiger partial charge in [-0.15, -0.1) is 12.4 Å². The summed E-state index contributed by atoms with van der Waals surface area (Å²) in [5, 5.41) is 12.7. The van der Waals surface area contributed by atoms with Crippen molar-refractivity contribution in [3.8, 4) is 11.5 Å². The number of hydrogen-bond acceptors (Lipinski definition) is 9. The molecule has 2 aromatic rings. The largest absolute Gasteiger partial charge is 0.493 e. The Hall–Kier alpha value is -2.44. The summed E-state index contributed by atoms with van der Waals surface area (Å²) in [6.07, 6.45) is 5.12. The molecule has 0 saturated heterocycles. The highest BCUT2D eigenvalue weighted by atomic mass is 35.5. The van der Waals surface area contributed by atoms with Gasteiger partial charge < -0.3 is 14.2 Å². The molecule has 0 aliphatic heterocycles. The molecule has 1 amide bonds. The summed E-state index contributed by atoms with van der Waals surface area (Å²) in [5.41, 5.74) is 2.35. The molecule has 1 aromatic carbocycles. The van der Waals surface area contributed by atoms with Crippen LogP contribution < -0.4 is 20.3 Å². The predicted octanol–water partition coefficient (Wildman–Crippen LogP) is 2.49. The van der Waals surface area contributed by atoms with E-state index >= 15 is 0 Å². The van der Waals surface area contributed by atoms with E-state index in [0.29, 0.717) is 31.4 Å². The summed E-state index contributed by atoms with van der Waals surface area (Å²) >= 11 is 0. The molecule has 35 heavy (non-hydrogen) atoms. The van der Waals surface area contributed by atoms with E-state index in [1.807, 2.05) is 0 Å². The summed E-state index contributed by atoms with van der Waals surface area (Å²) in [6.45, 7) is 0.0622. The minimum absolute atomic E-state index is 0. The van der Waals surface area contributed by atoms with Crippen LogP contribution in [0.4, 0.5) is 0 Å². The molecule has 0 unspecified atom stereocenters. The van der Waals surface area contributed by atoms with E-state index in [9.17, 15) is 18.4 Å². The van der Waals surface area contributed by atoms with Crippen LogP contribution in [0.15, 0.2) is 47.6 Å². The van der Waals surface area contributed by atoms with Crippen LogP contribution in [0.3, 0.4) is 0 Å². The number of aromatic nitrogens is 1. The van der Waals surface area contributed by atoms with E-state index in [1.165, 1.54) is 32.4 Å². The maximum Gasteiger partial charge on any atom is 0.280 e. The molecule has 194 valence electrons. The number of rotatable bonds is 10. The fraction of sp³-hybridized carbons (Fsp3) is 0.478. The molecule has 1 aliphatic carbocycles. The summed E-state index contributed by atoms with van der Waals surface area (Å²) < 4.78 is 44.4. The van der Waals surface area contributed by atoms with Crippen molar-refractivity contribution in [2.45, 2.75) is 48.1 Å². The van der Waals surface area contributed by atoms with Crippen LogP contribution in [0, 0.1) is 5.92 Å². The zero-order valence-corrected chi connectivity index (χ0v) is 21.5. The lowest BCUT2D eigenvalue weighted by molar-refractivity contribution is -0.135. The van der Waals surface area contributed by atoms with Gasteiger partial charge in [0.25, 0.3) is 5.91 Å². The number of nitrogens with one attached hydrogen (secondary N) is 2. The summed E-state index contributed by atoms with van der Waals surface area (Å²) in [7, 11) is 0.0541. The van der Waals surface area contributed by atoms with Gasteiger partial charge in [0, 0.05) is 38.0 Å². The average Bonchev–Trinajstić information content (AvgIpc) is 2.89. The average molecular weight is 530 g/mol. The molecule has 1 fully saturated rings. The van der Waals surface area contributed by atoms with E-state index < -0.39 is 26.5 Å². The third kappa shape index (κ3) is 5.70. The van der Waals surface area contributed by atoms with Crippen LogP contribution in [-0.2, 0) is 25.9 Å². The number of hydroxylamine groups is 1. The van der Waals surface area contributed by atoms with Gasteiger partial charge in [0.15, 0.2) is 11.5 Å². The van der Waals surface area contributed by atoms with Gasteiger partial charge in [-0.2, -0.15) is 0 Å². The monoisotopic (exact) mass is 529 g/mol. The van der Waals surface area contributed by atoms with Gasteiger partial charge >= 0.3 is 0 Å². The van der Waals surface area contributed by atoms with Gasteiger partial charge in [-0.05, 0) is 55.5 Å². The molecule has 1 saturated carbocycles. The van der Waals surface area contributed by atoms with Gasteiger partial charge in [-0.1, -0.05) is 0 Å². The van der Waals surface area contributed by atoms with Crippen molar-refractivity contribution in [3.63, 3.8) is 0 Å². The van der Waals surface area contributed by atoms with Gasteiger partial charge in [0.2, 0.25) is 14.7 Å². The lowest BCUT2D eigenvalue weighted by Gasteiger charge is -2.42. The first-order valence-electron chi connectivity index (χ1n) is 10.9. The molecule has 3 N–H and O–H groups in total. The van der Waals surface area contributed by atoms with Crippen molar-refractivity contribution < 1.29 is 32.6 Å². The number of amides is 1. The summed E-state index contributed by atoms with van der Waals surface area (Å²) in [5.74, 6) is -1.12. The van der Waals surface area contributed by atoms with Crippen molar-refractivity contribution in [3.05, 3.63) is 48.3 Å². The van der Waals surface area contributed by atoms with Crippen LogP contribution in [0.2, 0.25) is 0 Å². The highest BCUT2D eigenvalue weighted by Crippen LogP contribution is 2.42. The minimum atomic E-state index is -4.40. The highest BCUT2D eigenvalue weighted by molar-refractivity contribution is 7.93. The minimum Gasteiger partial charge on any atom is -0.493 e. The number of hydrogen-bond donors (Lipinski definition) is 3. The lowest BCUT2D eigenvalue weighted by Crippen LogP contribution is -2.66. The third-order valence-electron chi connectivity index (χ3n) is 6.41. The molecule has 3 rings (SSSR count). The Labute approximate surface area is 211 Å². The van der Waals surface area contributed by atoms with E-state index in [4.69, 9.17) is 14.2 Å². The van der Waals surface area contributed by atoms with Crippen molar-refractivity contribution in [1.29, 1.82) is 0 Å². The second-order valence-corrected chi connectivity index (χ2v) is 10.2. The summed E-state index contributed by atoms with van der Waals surface area (Å²) in [4.78, 5) is 15.0. The van der Waals surface area contributed by atoms with Gasteiger partial charge in [-0.25, -0.2) is 13.9 Å². The van der Waals surface area contributed by atoms with Crippen LogP contribution in [0.5, 0.6) is 11.5 Å². The zero-order valence-electron chi connectivity index (χ0n) is 19.9. The zero-order chi connectivity index (χ0) is 24.8. The number of carbonyl (C=O) groups is 1. The Morgan fingerprint density at radius 2 is 1.69 bits per heavy atom. The predicted molar refractivity (Wildman–Crippen MR) is 130 cm³/mol. The lowest BCUT2D eigenvalue weighted by atomic mass is 9.81. The van der Waals surface area contributed by atoms with Gasteiger partial charge in [0.05, 0.1) is 25.2 Å². The van der Waals surface area contributed by atoms with E-state index in [0.717, 1.165) is 5.56 Å². The first-order chi connectivity index (χ1) is 16.3. The smallest absolute Gasteiger partial charge is 0.280 e. The first kappa shape index (κ1) is 28.8. The standard InChI is InChI=1S/C23H31N3O7S.ClH/c1-31-18-6-4-17(5-7-18)23(22(27)26-28,25-15-16-10-12-24-13-11-16)34(29,30)19-8-9-20(32-2)21(14-19)33-3;/h8-14,17-18,25,28H,4-7,15H2,1-3H3,(H,26,27);1H/t17-,18-,23-;/m1./s1. The third-order valence-corrected chi connectivity index (χ3v) is 8.80. The second kappa shape index (κ2) is 12.5. The summed E-state index contributed by atoms with van der Waals surface area (Å²) in [6, 6.07) is 7.60. The second-order valence-electron chi connectivity index (χ2n) is 8.12. The number of carbonyl (C=O) groups excluding carboxylic acids is 1. The highest BCUT2D eigenvalue weighted by Gasteiger charge is 2.57. The van der Waals surface area contributed by atoms with Crippen LogP contribution in [0.1, 0.15) is 31.2 Å². The van der Waals surface area contributed by atoms with Crippen molar-refractivity contribution in [2.75, 3.05) is 21.3 Å². The van der Waals surface area contributed by atoms with Crippen molar-refractivity contribution in [2.24, 2.45) is 5.92 Å². The number of halogens is 1. The van der Waals surface area contributed by atoms with Crippen LogP contribution in [-0.4, -0.2) is 56.8 Å². The topological polar surface area (TPSA) is 136 Å². The van der Waals surface area contributed by atoms with E-state index in [2.05, 4.69) is 10.3 Å². The molecule has 0 radical (unpaired) electrons. The fourth-order valence-corrected chi connectivity index (χ4v) is 6.65. The molecule has 1 heterocycles. The molecule has 10 nitrogen and oxygen atoms in total. The molecule has 0 bridgehead atoms. The fourth-order valence-electron chi connectivity index (χ4n) is 4.54. The van der Waals surface area contributed by atoms with Gasteiger partial charge in [-0.3, -0.25) is 20.3 Å². The maximum absolute atomic E-state index is 14.2. The molecule has 0 spiro atoms. The molecule has 1 aromatic heterocycles. The Morgan fingerprint density at radius 3 is 2.23 bits per heavy atom. The van der Waals surface area contributed by atoms with Crippen molar-refractivity contribution in [1.82, 2.24) is 15.8 Å². The van der Waals surface area contributed by atoms with E-state index in [1.54, 1.807) is 37.1 Å². The number of nitrogens with zero attached hydrogens (tertiary/aromatic N) is 1. The Bertz CT molecular complexity index is 1080. The van der Waals surface area contributed by atoms with Crippen LogP contribution in [0.25, 0.3) is 0 Å². The number of ether oxygens (including phenoxy) is 3. The quantitative estimate of drug-likeness (QED) is 0.313. The first-order valence-corrected chi connectivity index (χ1v) is 12.4. The normalized spacial score (nSPS) is 19.7. The molecule has 1 aliphatic rings. The Morgan fingerprint density at radius 1 is 1.06 bits per heavy atom. The Balaban J connectivity index is 0.00000432. The number of sulfone groups is 1. The molecular formula is C23H32ClN3O7S.